The monoisotopic (exact) mass is 251 g/mol. The van der Waals surface area contributed by atoms with Gasteiger partial charge in [0, 0.05) is 6.42 Å². The number of carbonyl (C=O) groups excluding carboxylic acids is 1. The molecule has 1 aliphatic carbocycles. The third-order valence-corrected chi connectivity index (χ3v) is 3.53. The van der Waals surface area contributed by atoms with Crippen molar-refractivity contribution in [2.24, 2.45) is 5.41 Å². The molecular formula is C14H21NO3. The molecule has 1 aliphatic rings. The maximum absolute atomic E-state index is 11.8. The van der Waals surface area contributed by atoms with E-state index < -0.39 is 5.97 Å². The number of carboxylic acid groups (broad SMARTS) is 1. The van der Waals surface area contributed by atoms with Crippen LogP contribution >= 0.6 is 0 Å². The van der Waals surface area contributed by atoms with Gasteiger partial charge in [0.15, 0.2) is 0 Å². The zero-order valence-corrected chi connectivity index (χ0v) is 10.9. The lowest BCUT2D eigenvalue weighted by atomic mass is 9.69. The molecule has 0 spiro atoms. The lowest BCUT2D eigenvalue weighted by Crippen LogP contribution is -2.35. The predicted molar refractivity (Wildman–Crippen MR) is 68.8 cm³/mol. The van der Waals surface area contributed by atoms with Gasteiger partial charge in [-0.3, -0.25) is 9.59 Å². The molecule has 0 radical (unpaired) electrons. The smallest absolute Gasteiger partial charge is 0.303 e. The van der Waals surface area contributed by atoms with Crippen molar-refractivity contribution in [2.75, 3.05) is 6.54 Å². The van der Waals surface area contributed by atoms with E-state index in [9.17, 15) is 9.59 Å². The van der Waals surface area contributed by atoms with Crippen LogP contribution in [0.15, 0.2) is 0 Å². The summed E-state index contributed by atoms with van der Waals surface area (Å²) in [7, 11) is 0. The summed E-state index contributed by atoms with van der Waals surface area (Å²) >= 11 is 0. The number of nitrogens with one attached hydrogen (secondary N) is 1. The summed E-state index contributed by atoms with van der Waals surface area (Å²) in [6, 6.07) is 0. The zero-order chi connectivity index (χ0) is 13.4. The largest absolute Gasteiger partial charge is 0.481 e. The van der Waals surface area contributed by atoms with Crippen molar-refractivity contribution in [3.63, 3.8) is 0 Å². The highest BCUT2D eigenvalue weighted by Gasteiger charge is 2.36. The zero-order valence-electron chi connectivity index (χ0n) is 10.9. The molecule has 0 bridgehead atoms. The van der Waals surface area contributed by atoms with Crippen molar-refractivity contribution in [1.82, 2.24) is 5.32 Å². The molecule has 0 aliphatic heterocycles. The molecule has 18 heavy (non-hydrogen) atoms. The first-order chi connectivity index (χ1) is 8.58. The highest BCUT2D eigenvalue weighted by atomic mass is 16.4. The Morgan fingerprint density at radius 2 is 1.89 bits per heavy atom. The molecule has 0 unspecified atom stereocenters. The van der Waals surface area contributed by atoms with E-state index in [1.54, 1.807) is 6.92 Å². The standard InChI is InChI=1S/C14H21NO3/c1-2-3-9-15-12(16)10-14(11-13(17)18)7-5-4-6-8-14/h4-11H2,1H3,(H,15,16)(H,17,18). The highest BCUT2D eigenvalue weighted by Crippen LogP contribution is 2.42. The molecule has 1 rings (SSSR count). The Kier molecular flexibility index (Phi) is 5.70. The average molecular weight is 251 g/mol. The van der Waals surface area contributed by atoms with Crippen LogP contribution in [0.3, 0.4) is 0 Å². The van der Waals surface area contributed by atoms with Gasteiger partial charge >= 0.3 is 5.97 Å². The lowest BCUT2D eigenvalue weighted by molar-refractivity contribution is -0.141. The molecule has 1 amide bonds. The average Bonchev–Trinajstić information content (AvgIpc) is 2.29. The predicted octanol–water partition coefficient (Wildman–Crippen LogP) is 1.94. The minimum absolute atomic E-state index is 0.0825. The van der Waals surface area contributed by atoms with E-state index in [2.05, 4.69) is 17.2 Å². The van der Waals surface area contributed by atoms with Crippen molar-refractivity contribution in [3.8, 4) is 11.8 Å². The molecule has 4 nitrogen and oxygen atoms in total. The first kappa shape index (κ1) is 14.6. The van der Waals surface area contributed by atoms with Crippen molar-refractivity contribution < 1.29 is 14.7 Å². The van der Waals surface area contributed by atoms with Crippen molar-refractivity contribution in [2.45, 2.75) is 51.9 Å². The first-order valence-corrected chi connectivity index (χ1v) is 6.46. The van der Waals surface area contributed by atoms with Gasteiger partial charge in [0.1, 0.15) is 0 Å². The van der Waals surface area contributed by atoms with Crippen LogP contribution < -0.4 is 5.32 Å². The Morgan fingerprint density at radius 3 is 2.44 bits per heavy atom. The topological polar surface area (TPSA) is 66.4 Å². The van der Waals surface area contributed by atoms with E-state index >= 15 is 0 Å². The van der Waals surface area contributed by atoms with Crippen molar-refractivity contribution >= 4 is 11.9 Å². The molecular weight excluding hydrogens is 230 g/mol. The molecule has 1 fully saturated rings. The Morgan fingerprint density at radius 1 is 1.22 bits per heavy atom. The van der Waals surface area contributed by atoms with Gasteiger partial charge in [-0.1, -0.05) is 25.2 Å². The molecule has 0 saturated heterocycles. The van der Waals surface area contributed by atoms with Gasteiger partial charge in [-0.15, -0.1) is 5.92 Å². The fourth-order valence-corrected chi connectivity index (χ4v) is 2.67. The quantitative estimate of drug-likeness (QED) is 0.734. The van der Waals surface area contributed by atoms with Crippen LogP contribution in [0.25, 0.3) is 0 Å². The number of carbonyl (C=O) groups is 2. The minimum Gasteiger partial charge on any atom is -0.481 e. The second kappa shape index (κ2) is 7.05. The number of carboxylic acids is 1. The third kappa shape index (κ3) is 4.79. The van der Waals surface area contributed by atoms with Crippen molar-refractivity contribution in [3.05, 3.63) is 0 Å². The maximum Gasteiger partial charge on any atom is 0.303 e. The summed E-state index contributed by atoms with van der Waals surface area (Å²) in [5, 5.41) is 11.7. The Hall–Kier alpha value is -1.50. The van der Waals surface area contributed by atoms with Crippen LogP contribution in [-0.2, 0) is 9.59 Å². The highest BCUT2D eigenvalue weighted by molar-refractivity contribution is 5.78. The van der Waals surface area contributed by atoms with Crippen LogP contribution in [0.1, 0.15) is 51.9 Å². The number of amides is 1. The van der Waals surface area contributed by atoms with Gasteiger partial charge in [-0.25, -0.2) is 0 Å². The number of hydrogen-bond donors (Lipinski definition) is 2. The van der Waals surface area contributed by atoms with Gasteiger partial charge in [0.25, 0.3) is 0 Å². The SMILES string of the molecule is CC#CCNC(=O)CC1(CC(=O)O)CCCCC1. The van der Waals surface area contributed by atoms with Gasteiger partial charge in [0.05, 0.1) is 13.0 Å². The van der Waals surface area contributed by atoms with E-state index in [0.717, 1.165) is 32.1 Å². The molecule has 0 aromatic rings. The summed E-state index contributed by atoms with van der Waals surface area (Å²) in [5.74, 6) is 4.59. The van der Waals surface area contributed by atoms with E-state index in [4.69, 9.17) is 5.11 Å². The minimum atomic E-state index is -0.807. The normalized spacial score (nSPS) is 17.4. The number of hydrogen-bond acceptors (Lipinski definition) is 2. The van der Waals surface area contributed by atoms with E-state index in [1.165, 1.54) is 0 Å². The molecule has 0 aromatic heterocycles. The molecule has 0 heterocycles. The maximum atomic E-state index is 11.8. The summed E-state index contributed by atoms with van der Waals surface area (Å²) in [6.07, 6.45) is 5.28. The van der Waals surface area contributed by atoms with Gasteiger partial charge < -0.3 is 10.4 Å². The molecule has 2 N–H and O–H groups in total. The molecule has 0 atom stereocenters. The van der Waals surface area contributed by atoms with Crippen molar-refractivity contribution in [1.29, 1.82) is 0 Å². The molecule has 100 valence electrons. The second-order valence-electron chi connectivity index (χ2n) is 5.01. The Labute approximate surface area is 108 Å². The Bertz CT molecular complexity index is 359. The summed E-state index contributed by atoms with van der Waals surface area (Å²) < 4.78 is 0. The fourth-order valence-electron chi connectivity index (χ4n) is 2.67. The van der Waals surface area contributed by atoms with Crippen LogP contribution in [0.2, 0.25) is 0 Å². The van der Waals surface area contributed by atoms with Gasteiger partial charge in [-0.2, -0.15) is 0 Å². The fraction of sp³-hybridized carbons (Fsp3) is 0.714. The number of rotatable bonds is 5. The third-order valence-electron chi connectivity index (χ3n) is 3.53. The summed E-state index contributed by atoms with van der Waals surface area (Å²) in [5.41, 5.74) is -0.339. The number of aliphatic carboxylic acids is 1. The van der Waals surface area contributed by atoms with Gasteiger partial charge in [0.2, 0.25) is 5.91 Å². The van der Waals surface area contributed by atoms with Crippen LogP contribution in [0.4, 0.5) is 0 Å². The van der Waals surface area contributed by atoms with Crippen LogP contribution in [-0.4, -0.2) is 23.5 Å². The Balaban J connectivity index is 2.56. The summed E-state index contributed by atoms with van der Waals surface area (Å²) in [6.45, 7) is 2.07. The molecule has 1 saturated carbocycles. The lowest BCUT2D eigenvalue weighted by Gasteiger charge is -2.35. The second-order valence-corrected chi connectivity index (χ2v) is 5.01. The molecule has 0 aromatic carbocycles. The van der Waals surface area contributed by atoms with Crippen LogP contribution in [0, 0.1) is 17.3 Å². The first-order valence-electron chi connectivity index (χ1n) is 6.46. The van der Waals surface area contributed by atoms with E-state index in [0.29, 0.717) is 13.0 Å². The summed E-state index contributed by atoms with van der Waals surface area (Å²) in [4.78, 5) is 22.8. The van der Waals surface area contributed by atoms with Gasteiger partial charge in [-0.05, 0) is 25.2 Å². The van der Waals surface area contributed by atoms with E-state index in [1.807, 2.05) is 0 Å². The van der Waals surface area contributed by atoms with Crippen LogP contribution in [0.5, 0.6) is 0 Å². The van der Waals surface area contributed by atoms with E-state index in [-0.39, 0.29) is 17.7 Å². The molecule has 4 heteroatoms.